The van der Waals surface area contributed by atoms with E-state index >= 15 is 0 Å². The number of rotatable bonds is 6. The zero-order chi connectivity index (χ0) is 15.2. The van der Waals surface area contributed by atoms with Crippen molar-refractivity contribution in [2.45, 2.75) is 13.5 Å². The van der Waals surface area contributed by atoms with Gasteiger partial charge >= 0.3 is 0 Å². The Balaban J connectivity index is 2.36. The van der Waals surface area contributed by atoms with Crippen LogP contribution in [0.1, 0.15) is 12.7 Å². The summed E-state index contributed by atoms with van der Waals surface area (Å²) in [4.78, 5) is 11.1. The Hall–Kier alpha value is -2.14. The molecule has 0 aliphatic heterocycles. The summed E-state index contributed by atoms with van der Waals surface area (Å²) in [5.74, 6) is 1.51. The molecule has 0 fully saturated rings. The monoisotopic (exact) mass is 286 g/mol. The van der Waals surface area contributed by atoms with Crippen LogP contribution in [0.5, 0.6) is 0 Å². The first-order valence-electron chi connectivity index (χ1n) is 7.02. The van der Waals surface area contributed by atoms with Gasteiger partial charge in [0.05, 0.1) is 5.69 Å². The largest absolute Gasteiger partial charge is 0.378 e. The minimum atomic E-state index is 0.405. The predicted molar refractivity (Wildman–Crippen MR) is 86.7 cm³/mol. The maximum absolute atomic E-state index is 5.14. The van der Waals surface area contributed by atoms with Gasteiger partial charge in [-0.05, 0) is 19.1 Å². The van der Waals surface area contributed by atoms with Gasteiger partial charge in [-0.2, -0.15) is 0 Å². The molecule has 1 N–H and O–H groups in total. The molecule has 0 radical (unpaired) electrons. The summed E-state index contributed by atoms with van der Waals surface area (Å²) >= 11 is 0. The number of benzene rings is 1. The molecule has 0 spiro atoms. The first-order chi connectivity index (χ1) is 10.1. The second-order valence-corrected chi connectivity index (χ2v) is 4.96. The third-order valence-corrected chi connectivity index (χ3v) is 3.08. The van der Waals surface area contributed by atoms with E-state index in [1.54, 1.807) is 7.11 Å². The molecule has 1 aromatic heterocycles. The molecule has 0 bridgehead atoms. The van der Waals surface area contributed by atoms with Crippen molar-refractivity contribution in [2.24, 2.45) is 0 Å². The van der Waals surface area contributed by atoms with Crippen LogP contribution in [0.15, 0.2) is 30.3 Å². The summed E-state index contributed by atoms with van der Waals surface area (Å²) in [6.45, 7) is 3.27. The minimum Gasteiger partial charge on any atom is -0.378 e. The fourth-order valence-electron chi connectivity index (χ4n) is 2.04. The van der Waals surface area contributed by atoms with E-state index in [9.17, 15) is 0 Å². The zero-order valence-corrected chi connectivity index (χ0v) is 13.1. The standard InChI is InChI=1S/C16H22N4O/c1-5-17-15-10-14(18-16(19-15)11-21-4)12-6-8-13(9-7-12)20(2)3/h6-10H,5,11H2,1-4H3,(H,17,18,19). The minimum absolute atomic E-state index is 0.405. The first kappa shape index (κ1) is 15.3. The molecule has 21 heavy (non-hydrogen) atoms. The molecular formula is C16H22N4O. The van der Waals surface area contributed by atoms with Gasteiger partial charge in [0.2, 0.25) is 0 Å². The fourth-order valence-corrected chi connectivity index (χ4v) is 2.04. The van der Waals surface area contributed by atoms with Crippen molar-refractivity contribution >= 4 is 11.5 Å². The molecule has 0 saturated carbocycles. The number of aromatic nitrogens is 2. The molecule has 2 aromatic rings. The summed E-state index contributed by atoms with van der Waals surface area (Å²) < 4.78 is 5.14. The highest BCUT2D eigenvalue weighted by Crippen LogP contribution is 2.23. The Morgan fingerprint density at radius 1 is 1.14 bits per heavy atom. The highest BCUT2D eigenvalue weighted by molar-refractivity contribution is 5.65. The van der Waals surface area contributed by atoms with Crippen LogP contribution in [-0.2, 0) is 11.3 Å². The van der Waals surface area contributed by atoms with Gasteiger partial charge < -0.3 is 15.0 Å². The van der Waals surface area contributed by atoms with E-state index in [0.29, 0.717) is 12.4 Å². The van der Waals surface area contributed by atoms with Crippen molar-refractivity contribution in [3.05, 3.63) is 36.2 Å². The van der Waals surface area contributed by atoms with E-state index in [1.165, 1.54) is 0 Å². The molecule has 0 unspecified atom stereocenters. The first-order valence-corrected chi connectivity index (χ1v) is 7.02. The van der Waals surface area contributed by atoms with E-state index in [2.05, 4.69) is 44.5 Å². The smallest absolute Gasteiger partial charge is 0.157 e. The molecule has 0 aliphatic carbocycles. The van der Waals surface area contributed by atoms with Crippen LogP contribution in [0.3, 0.4) is 0 Å². The quantitative estimate of drug-likeness (QED) is 0.885. The lowest BCUT2D eigenvalue weighted by molar-refractivity contribution is 0.178. The number of nitrogens with zero attached hydrogens (tertiary/aromatic N) is 3. The summed E-state index contributed by atoms with van der Waals surface area (Å²) in [6, 6.07) is 10.3. The van der Waals surface area contributed by atoms with Crippen LogP contribution in [0.2, 0.25) is 0 Å². The van der Waals surface area contributed by atoms with Crippen molar-refractivity contribution in [1.29, 1.82) is 0 Å². The van der Waals surface area contributed by atoms with Gasteiger partial charge in [0.1, 0.15) is 12.4 Å². The van der Waals surface area contributed by atoms with Gasteiger partial charge in [-0.3, -0.25) is 0 Å². The Labute approximate surface area is 126 Å². The topological polar surface area (TPSA) is 50.3 Å². The van der Waals surface area contributed by atoms with Gasteiger partial charge in [-0.15, -0.1) is 0 Å². The molecule has 5 nitrogen and oxygen atoms in total. The molecular weight excluding hydrogens is 264 g/mol. The number of anilines is 2. The Morgan fingerprint density at radius 3 is 2.43 bits per heavy atom. The third kappa shape index (κ3) is 3.92. The summed E-state index contributed by atoms with van der Waals surface area (Å²) in [6.07, 6.45) is 0. The fraction of sp³-hybridized carbons (Fsp3) is 0.375. The maximum Gasteiger partial charge on any atom is 0.157 e. The summed E-state index contributed by atoms with van der Waals surface area (Å²) in [7, 11) is 5.70. The van der Waals surface area contributed by atoms with Crippen molar-refractivity contribution in [2.75, 3.05) is 38.0 Å². The SMILES string of the molecule is CCNc1cc(-c2ccc(N(C)C)cc2)nc(COC)n1. The zero-order valence-electron chi connectivity index (χ0n) is 13.1. The second kappa shape index (κ2) is 7.04. The van der Waals surface area contributed by atoms with E-state index < -0.39 is 0 Å². The molecule has 2 rings (SSSR count). The van der Waals surface area contributed by atoms with Crippen molar-refractivity contribution in [3.63, 3.8) is 0 Å². The van der Waals surface area contributed by atoms with E-state index in [4.69, 9.17) is 4.74 Å². The molecule has 0 amide bonds. The Bertz CT molecular complexity index is 557. The van der Waals surface area contributed by atoms with E-state index in [1.807, 2.05) is 27.1 Å². The highest BCUT2D eigenvalue weighted by Gasteiger charge is 2.07. The van der Waals surface area contributed by atoms with Crippen LogP contribution < -0.4 is 10.2 Å². The lowest BCUT2D eigenvalue weighted by Gasteiger charge is -2.13. The van der Waals surface area contributed by atoms with Crippen LogP contribution in [0.4, 0.5) is 11.5 Å². The predicted octanol–water partition coefficient (Wildman–Crippen LogP) is 2.79. The molecule has 5 heteroatoms. The van der Waals surface area contributed by atoms with Gasteiger partial charge in [-0.1, -0.05) is 12.1 Å². The third-order valence-electron chi connectivity index (χ3n) is 3.08. The molecule has 0 saturated heterocycles. The highest BCUT2D eigenvalue weighted by atomic mass is 16.5. The lowest BCUT2D eigenvalue weighted by atomic mass is 10.1. The maximum atomic E-state index is 5.14. The number of ether oxygens (including phenoxy) is 1. The average Bonchev–Trinajstić information content (AvgIpc) is 2.48. The van der Waals surface area contributed by atoms with Gasteiger partial charge in [0, 0.05) is 45.1 Å². The van der Waals surface area contributed by atoms with Crippen LogP contribution in [0.25, 0.3) is 11.3 Å². The summed E-state index contributed by atoms with van der Waals surface area (Å²) in [5, 5.41) is 3.23. The number of methoxy groups -OCH3 is 1. The van der Waals surface area contributed by atoms with Crippen molar-refractivity contribution in [1.82, 2.24) is 9.97 Å². The Kier molecular flexibility index (Phi) is 5.11. The second-order valence-electron chi connectivity index (χ2n) is 4.96. The summed E-state index contributed by atoms with van der Waals surface area (Å²) in [5.41, 5.74) is 3.13. The molecule has 0 aliphatic rings. The number of hydrogen-bond acceptors (Lipinski definition) is 5. The van der Waals surface area contributed by atoms with Crippen LogP contribution in [0, 0.1) is 0 Å². The van der Waals surface area contributed by atoms with Gasteiger partial charge in [-0.25, -0.2) is 9.97 Å². The van der Waals surface area contributed by atoms with Gasteiger partial charge in [0.25, 0.3) is 0 Å². The molecule has 112 valence electrons. The van der Waals surface area contributed by atoms with Crippen molar-refractivity contribution < 1.29 is 4.74 Å². The lowest BCUT2D eigenvalue weighted by Crippen LogP contribution is -2.08. The van der Waals surface area contributed by atoms with E-state index in [0.717, 1.165) is 29.3 Å². The number of nitrogens with one attached hydrogen (secondary N) is 1. The van der Waals surface area contributed by atoms with Gasteiger partial charge in [0.15, 0.2) is 5.82 Å². The Morgan fingerprint density at radius 2 is 1.86 bits per heavy atom. The molecule has 0 atom stereocenters. The number of hydrogen-bond donors (Lipinski definition) is 1. The molecule has 1 aromatic carbocycles. The van der Waals surface area contributed by atoms with Crippen LogP contribution >= 0.6 is 0 Å². The van der Waals surface area contributed by atoms with Crippen molar-refractivity contribution in [3.8, 4) is 11.3 Å². The van der Waals surface area contributed by atoms with E-state index in [-0.39, 0.29) is 0 Å². The molecule has 1 heterocycles. The average molecular weight is 286 g/mol. The van der Waals surface area contributed by atoms with Crippen LogP contribution in [-0.4, -0.2) is 37.7 Å². The normalized spacial score (nSPS) is 10.5.